The van der Waals surface area contributed by atoms with E-state index in [2.05, 4.69) is 207 Å². The van der Waals surface area contributed by atoms with Crippen molar-refractivity contribution in [1.29, 1.82) is 0 Å². The van der Waals surface area contributed by atoms with E-state index in [0.29, 0.717) is 0 Å². The van der Waals surface area contributed by atoms with Crippen LogP contribution >= 0.6 is 14.5 Å². The van der Waals surface area contributed by atoms with Crippen molar-refractivity contribution in [3.63, 3.8) is 0 Å². The van der Waals surface area contributed by atoms with E-state index in [1.54, 1.807) is 0 Å². The zero-order valence-electron chi connectivity index (χ0n) is 30.0. The first-order valence-electron chi connectivity index (χ1n) is 15.9. The van der Waals surface area contributed by atoms with Crippen molar-refractivity contribution in [3.8, 4) is 0 Å². The second-order valence-electron chi connectivity index (χ2n) is 9.95. The third-order valence-corrected chi connectivity index (χ3v) is 15.5. The Morgan fingerprint density at radius 2 is 0.564 bits per heavy atom. The molecule has 9 nitrogen and oxygen atoms in total. The van der Waals surface area contributed by atoms with E-state index in [0.717, 1.165) is 11.5 Å². The Bertz CT molecular complexity index is 1620. The van der Waals surface area contributed by atoms with Gasteiger partial charge in [0.1, 0.15) is 45.3 Å². The molecule has 0 aromatic heterocycles. The number of nitroso groups, excluding NO2 is 4. The van der Waals surface area contributed by atoms with Crippen LogP contribution in [0.1, 0.15) is 13.8 Å². The first-order chi connectivity index (χ1) is 26.2. The van der Waals surface area contributed by atoms with Crippen LogP contribution in [0.4, 0.5) is 0 Å². The first-order valence-corrected chi connectivity index (χ1v) is 20.6. The maximum atomic E-state index is 7.25. The Morgan fingerprint density at radius 3 is 0.745 bits per heavy atom. The molecule has 0 heterocycles. The normalized spacial score (nSPS) is 9.16. The average Bonchev–Trinajstić information content (AvgIpc) is 3.27. The molecule has 0 N–H and O–H groups in total. The largest absolute Gasteiger partial charge is 0.793 e. The smallest absolute Gasteiger partial charge is 0.228 e. The molecule has 0 aliphatic rings. The van der Waals surface area contributed by atoms with Crippen LogP contribution in [0.25, 0.3) is 0 Å². The standard InChI is InChI=1S/C36H30NP2.2C2H6S.2Fe.4NO/c1-7-19-31(20-8-1)38(32-21-9-2-10-22-32,33-23-11-3-12-24-33)37-39(34-25-13-4-14-26-34,35-27-15-5-16-28-35)36-29-17-6-18-30-36;2*1-2-3;;;4*1-2/h1-30H;2*3H,2H2,1H3;;;;;;/q+1;;;;;;;;/p-2. The van der Waals surface area contributed by atoms with Gasteiger partial charge in [-0.1, -0.05) is 159 Å². The summed E-state index contributed by atoms with van der Waals surface area (Å²) in [4.78, 5) is 29.0. The maximum absolute atomic E-state index is 7.25. The van der Waals surface area contributed by atoms with Gasteiger partial charge in [0.25, 0.3) is 0 Å². The molecule has 6 rings (SSSR count). The molecule has 15 heteroatoms. The number of hydrogen-bond acceptors (Lipinski definition) is 7. The summed E-state index contributed by atoms with van der Waals surface area (Å²) in [6, 6.07) is 65.7. The molecule has 0 saturated carbocycles. The number of hydrogen-bond donors (Lipinski definition) is 0. The van der Waals surface area contributed by atoms with E-state index in [-0.39, 0.29) is 34.1 Å². The Kier molecular flexibility index (Phi) is 34.9. The molecule has 0 fully saturated rings. The van der Waals surface area contributed by atoms with E-state index >= 15 is 0 Å². The Labute approximate surface area is 357 Å². The van der Waals surface area contributed by atoms with E-state index in [9.17, 15) is 0 Å². The van der Waals surface area contributed by atoms with Gasteiger partial charge in [-0.2, -0.15) is 11.5 Å². The zero-order valence-corrected chi connectivity index (χ0v) is 35.7. The van der Waals surface area contributed by atoms with Gasteiger partial charge in [0.15, 0.2) is 0 Å². The van der Waals surface area contributed by atoms with Crippen LogP contribution in [0.3, 0.4) is 0 Å². The fraction of sp³-hybridized carbons (Fsp3) is 0.100. The van der Waals surface area contributed by atoms with Crippen molar-refractivity contribution in [2.24, 2.45) is 4.52 Å². The third-order valence-electron chi connectivity index (χ3n) is 7.05. The van der Waals surface area contributed by atoms with Crippen LogP contribution in [0.2, 0.25) is 0 Å². The van der Waals surface area contributed by atoms with Gasteiger partial charge in [-0.05, 0) is 36.4 Å². The van der Waals surface area contributed by atoms with Gasteiger partial charge < -0.3 is 25.3 Å². The van der Waals surface area contributed by atoms with Crippen LogP contribution in [0.15, 0.2) is 187 Å². The topological polar surface area (TPSA) is 170 Å². The molecule has 0 saturated heterocycles. The number of benzene rings is 6. The van der Waals surface area contributed by atoms with E-state index < -0.39 is 14.5 Å². The number of rotatable bonds is 7. The summed E-state index contributed by atoms with van der Waals surface area (Å²) in [5, 5.41) is 7.55. The monoisotopic (exact) mass is 892 g/mol. The predicted octanol–water partition coefficient (Wildman–Crippen LogP) is 6.39. The third kappa shape index (κ3) is 15.6. The molecule has 6 aromatic carbocycles. The number of nitrogens with zero attached hydrogens (tertiary/aromatic N) is 5. The molecular formula is C40H40Fe2N5O4P2S2-. The molecule has 4 radical (unpaired) electrons. The van der Waals surface area contributed by atoms with Crippen molar-refractivity contribution >= 4 is 71.6 Å². The first kappa shape index (κ1) is 55.5. The molecule has 0 bridgehead atoms. The van der Waals surface area contributed by atoms with Crippen molar-refractivity contribution in [2.45, 2.75) is 13.8 Å². The van der Waals surface area contributed by atoms with Gasteiger partial charge in [-0.15, -0.1) is 24.1 Å². The molecule has 288 valence electrons. The van der Waals surface area contributed by atoms with Crippen molar-refractivity contribution in [2.75, 3.05) is 11.5 Å². The van der Waals surface area contributed by atoms with Crippen LogP contribution < -0.4 is 54.2 Å². The average molecular weight is 893 g/mol. The fourth-order valence-electron chi connectivity index (χ4n) is 5.27. The minimum Gasteiger partial charge on any atom is -0.793 e. The summed E-state index contributed by atoms with van der Waals surface area (Å²) in [6.45, 7) is 3.88. The fourth-order valence-corrected chi connectivity index (χ4v) is 14.8. The van der Waals surface area contributed by atoms with Gasteiger partial charge in [0, 0.05) is 50.1 Å². The Balaban J connectivity index is -0.00000151. The van der Waals surface area contributed by atoms with Crippen molar-refractivity contribution < 1.29 is 34.1 Å². The quantitative estimate of drug-likeness (QED) is 0.102. The molecule has 0 unspecified atom stereocenters. The Morgan fingerprint density at radius 1 is 0.400 bits per heavy atom. The molecule has 0 aliphatic carbocycles. The predicted molar refractivity (Wildman–Crippen MR) is 231 cm³/mol. The van der Waals surface area contributed by atoms with Gasteiger partial charge in [-0.25, -0.2) is 0 Å². The molecule has 6 aromatic rings. The van der Waals surface area contributed by atoms with Crippen LogP contribution in [-0.4, -0.2) is 11.5 Å². The summed E-state index contributed by atoms with van der Waals surface area (Å²) >= 11 is 8.79. The van der Waals surface area contributed by atoms with E-state index in [1.165, 1.54) is 31.8 Å². The molecular weight excluding hydrogens is 852 g/mol. The van der Waals surface area contributed by atoms with Crippen LogP contribution in [-0.2, 0) is 59.4 Å². The SMILES string of the molecule is CC[S-].CC[S-].[Fe].[Fe].[N]=O.[N]=O.[N]=O.[N]=O.c1ccc(P(=N[P+](c2ccccc2)(c2ccccc2)c2ccccc2)(c2ccccc2)c2ccccc2)cc1. The molecule has 0 spiro atoms. The van der Waals surface area contributed by atoms with E-state index in [4.69, 9.17) is 46.5 Å². The summed E-state index contributed by atoms with van der Waals surface area (Å²) in [5.41, 5.74) is 23.0. The second-order valence-corrected chi connectivity index (χ2v) is 17.5. The minimum absolute atomic E-state index is 0. The summed E-state index contributed by atoms with van der Waals surface area (Å²) < 4.78 is 6.38. The van der Waals surface area contributed by atoms with Crippen LogP contribution in [0.5, 0.6) is 0 Å². The Hall–Kier alpha value is -3.88. The van der Waals surface area contributed by atoms with Crippen LogP contribution in [0, 0.1) is 19.6 Å². The molecule has 0 atom stereocenters. The van der Waals surface area contributed by atoms with Crippen molar-refractivity contribution in [3.05, 3.63) is 202 Å². The maximum Gasteiger partial charge on any atom is 0.228 e. The summed E-state index contributed by atoms with van der Waals surface area (Å²) in [6.07, 6.45) is 0. The van der Waals surface area contributed by atoms with Gasteiger partial charge in [0.2, 0.25) is 7.41 Å². The summed E-state index contributed by atoms with van der Waals surface area (Å²) in [5.74, 6) is 1.67. The molecule has 0 aliphatic heterocycles. The second kappa shape index (κ2) is 34.6. The van der Waals surface area contributed by atoms with Gasteiger partial charge >= 0.3 is 0 Å². The molecule has 55 heavy (non-hydrogen) atoms. The zero-order chi connectivity index (χ0) is 39.8. The minimum atomic E-state index is -2.50. The van der Waals surface area contributed by atoms with Gasteiger partial charge in [0.05, 0.1) is 0 Å². The molecule has 0 amide bonds. The summed E-state index contributed by atoms with van der Waals surface area (Å²) in [7, 11) is -4.99. The van der Waals surface area contributed by atoms with Gasteiger partial charge in [-0.3, -0.25) is 0 Å². The van der Waals surface area contributed by atoms with E-state index in [1.807, 2.05) is 13.8 Å². The van der Waals surface area contributed by atoms with Crippen molar-refractivity contribution in [1.82, 2.24) is 22.4 Å².